The average Bonchev–Trinajstić information content (AvgIpc) is 3.11. The number of aromatic nitrogens is 1. The smallest absolute Gasteiger partial charge is 0.263 e. The molecule has 1 saturated heterocycles. The van der Waals surface area contributed by atoms with Gasteiger partial charge in [0.1, 0.15) is 5.75 Å². The molecule has 0 aliphatic carbocycles. The highest BCUT2D eigenvalue weighted by Gasteiger charge is 2.23. The molecule has 1 aliphatic rings. The predicted molar refractivity (Wildman–Crippen MR) is 123 cm³/mol. The van der Waals surface area contributed by atoms with Crippen molar-refractivity contribution in [3.8, 4) is 5.75 Å². The summed E-state index contributed by atoms with van der Waals surface area (Å²) in [5, 5.41) is 5.05. The van der Waals surface area contributed by atoms with E-state index in [2.05, 4.69) is 21.4 Å². The topological polar surface area (TPSA) is 63.6 Å². The van der Waals surface area contributed by atoms with Crippen LogP contribution in [0.1, 0.15) is 18.1 Å². The first-order valence-corrected chi connectivity index (χ1v) is 10.8. The number of nitrogens with one attached hydrogen (secondary N) is 1. The number of benzene rings is 2. The average molecular weight is 438 g/mol. The van der Waals surface area contributed by atoms with Crippen molar-refractivity contribution in [3.05, 3.63) is 81.9 Å². The summed E-state index contributed by atoms with van der Waals surface area (Å²) >= 11 is 7.52. The van der Waals surface area contributed by atoms with Gasteiger partial charge in [0.2, 0.25) is 0 Å². The van der Waals surface area contributed by atoms with Crippen LogP contribution in [0.3, 0.4) is 0 Å². The minimum absolute atomic E-state index is 0.129. The van der Waals surface area contributed by atoms with Gasteiger partial charge in [-0.15, -0.1) is 0 Å². The molecule has 30 heavy (non-hydrogen) atoms. The number of aliphatic imine (C=N–C) groups is 1. The van der Waals surface area contributed by atoms with E-state index in [0.717, 1.165) is 27.8 Å². The van der Waals surface area contributed by atoms with Gasteiger partial charge in [-0.2, -0.15) is 0 Å². The number of fused-ring (bicyclic) bond motifs is 1. The second-order valence-corrected chi connectivity index (χ2v) is 8.07. The summed E-state index contributed by atoms with van der Waals surface area (Å²) in [6, 6.07) is 15.5. The summed E-state index contributed by atoms with van der Waals surface area (Å²) in [7, 11) is 0. The van der Waals surface area contributed by atoms with E-state index in [0.29, 0.717) is 34.7 Å². The zero-order valence-electron chi connectivity index (χ0n) is 16.4. The first-order chi connectivity index (χ1) is 14.6. The fraction of sp³-hybridized carbons (Fsp3) is 0.174. The molecule has 5 nitrogen and oxygen atoms in total. The van der Waals surface area contributed by atoms with Gasteiger partial charge in [-0.1, -0.05) is 41.9 Å². The lowest BCUT2D eigenvalue weighted by Crippen LogP contribution is -2.19. The van der Waals surface area contributed by atoms with Gasteiger partial charge >= 0.3 is 0 Å². The molecular formula is C23H20ClN3O2S. The third kappa shape index (κ3) is 4.66. The first kappa shape index (κ1) is 20.4. The number of pyridine rings is 1. The Hall–Kier alpha value is -2.83. The van der Waals surface area contributed by atoms with E-state index in [-0.39, 0.29) is 5.91 Å². The van der Waals surface area contributed by atoms with Crippen LogP contribution in [0.2, 0.25) is 5.02 Å². The second-order valence-electron chi connectivity index (χ2n) is 6.64. The number of amidine groups is 1. The van der Waals surface area contributed by atoms with Crippen LogP contribution in [0.5, 0.6) is 5.75 Å². The van der Waals surface area contributed by atoms with Gasteiger partial charge in [0.15, 0.2) is 5.17 Å². The highest BCUT2D eigenvalue weighted by molar-refractivity contribution is 8.18. The number of hydrogen-bond acceptors (Lipinski definition) is 5. The van der Waals surface area contributed by atoms with Gasteiger partial charge in [-0.25, -0.2) is 0 Å². The van der Waals surface area contributed by atoms with Crippen LogP contribution in [0, 0.1) is 0 Å². The van der Waals surface area contributed by atoms with E-state index in [4.69, 9.17) is 16.3 Å². The normalized spacial score (nSPS) is 16.4. The van der Waals surface area contributed by atoms with Crippen LogP contribution in [-0.4, -0.2) is 22.7 Å². The lowest BCUT2D eigenvalue weighted by atomic mass is 10.1. The number of ether oxygens (including phenoxy) is 1. The van der Waals surface area contributed by atoms with Gasteiger partial charge in [0, 0.05) is 16.6 Å². The van der Waals surface area contributed by atoms with E-state index in [1.807, 2.05) is 55.5 Å². The number of amides is 1. The Bertz CT molecular complexity index is 1160. The maximum Gasteiger partial charge on any atom is 0.263 e. The molecule has 2 aromatic carbocycles. The van der Waals surface area contributed by atoms with E-state index in [1.54, 1.807) is 6.20 Å². The number of nitrogens with zero attached hydrogens (tertiary/aromatic N) is 2. The maximum atomic E-state index is 12.3. The molecule has 0 unspecified atom stereocenters. The summed E-state index contributed by atoms with van der Waals surface area (Å²) < 4.78 is 5.71. The number of rotatable bonds is 6. The molecule has 3 aromatic rings. The lowest BCUT2D eigenvalue weighted by molar-refractivity contribution is -0.115. The molecule has 1 N–H and O–H groups in total. The van der Waals surface area contributed by atoms with Crippen LogP contribution < -0.4 is 10.1 Å². The predicted octanol–water partition coefficient (Wildman–Crippen LogP) is 5.13. The van der Waals surface area contributed by atoms with E-state index in [1.165, 1.54) is 11.8 Å². The molecule has 1 fully saturated rings. The van der Waals surface area contributed by atoms with Gasteiger partial charge < -0.3 is 10.1 Å². The summed E-state index contributed by atoms with van der Waals surface area (Å²) in [4.78, 5) is 21.8. The number of carbonyl (C=O) groups excluding carboxylic acids is 1. The third-order valence-corrected chi connectivity index (χ3v) is 5.96. The highest BCUT2D eigenvalue weighted by atomic mass is 35.5. The van der Waals surface area contributed by atoms with Crippen molar-refractivity contribution in [1.82, 2.24) is 10.3 Å². The molecular weight excluding hydrogens is 418 g/mol. The molecule has 1 aliphatic heterocycles. The summed E-state index contributed by atoms with van der Waals surface area (Å²) in [5.41, 5.74) is 2.90. The molecule has 0 atom stereocenters. The Labute approximate surface area is 184 Å². The van der Waals surface area contributed by atoms with Gasteiger partial charge in [-0.05, 0) is 60.5 Å². The number of allylic oxidation sites excluding steroid dienone is 1. The fourth-order valence-electron chi connectivity index (χ4n) is 3.11. The van der Waals surface area contributed by atoms with Crippen LogP contribution in [0.25, 0.3) is 10.9 Å². The summed E-state index contributed by atoms with van der Waals surface area (Å²) in [5.74, 6) is 0.689. The molecule has 1 aromatic heterocycles. The zero-order chi connectivity index (χ0) is 20.9. The Morgan fingerprint density at radius 1 is 1.23 bits per heavy atom. The molecule has 2 heterocycles. The number of carbonyl (C=O) groups is 1. The van der Waals surface area contributed by atoms with Crippen LogP contribution >= 0.6 is 23.4 Å². The molecule has 0 spiro atoms. The van der Waals surface area contributed by atoms with E-state index < -0.39 is 0 Å². The SMILES string of the molecule is CCOc1ccnc2ccc(C/C=C3\SC(=NCc4ccccc4Cl)NC3=O)cc12. The van der Waals surface area contributed by atoms with Crippen molar-refractivity contribution >= 4 is 45.3 Å². The Balaban J connectivity index is 1.47. The fourth-order valence-corrected chi connectivity index (χ4v) is 4.10. The minimum atomic E-state index is -0.129. The van der Waals surface area contributed by atoms with Gasteiger partial charge in [0.25, 0.3) is 5.91 Å². The second kappa shape index (κ2) is 9.32. The van der Waals surface area contributed by atoms with Crippen molar-refractivity contribution in [1.29, 1.82) is 0 Å². The Morgan fingerprint density at radius 3 is 2.93 bits per heavy atom. The molecule has 0 bridgehead atoms. The van der Waals surface area contributed by atoms with Crippen molar-refractivity contribution in [3.63, 3.8) is 0 Å². The number of hydrogen-bond donors (Lipinski definition) is 1. The number of thioether (sulfide) groups is 1. The van der Waals surface area contributed by atoms with Crippen LogP contribution in [0.4, 0.5) is 0 Å². The van der Waals surface area contributed by atoms with E-state index >= 15 is 0 Å². The van der Waals surface area contributed by atoms with Gasteiger partial charge in [0.05, 0.1) is 23.6 Å². The quantitative estimate of drug-likeness (QED) is 0.543. The highest BCUT2D eigenvalue weighted by Crippen LogP contribution is 2.28. The lowest BCUT2D eigenvalue weighted by Gasteiger charge is -2.08. The maximum absolute atomic E-state index is 12.3. The molecule has 1 amide bonds. The third-order valence-electron chi connectivity index (χ3n) is 4.59. The molecule has 4 rings (SSSR count). The van der Waals surface area contributed by atoms with Crippen LogP contribution in [0.15, 0.2) is 70.7 Å². The number of halogens is 1. The standard InChI is InChI=1S/C23H20ClN3O2S/c1-2-29-20-11-12-25-19-9-7-15(13-17(19)20)8-10-21-22(28)27-23(30-21)26-14-16-5-3-4-6-18(16)24/h3-7,9-13H,2,8,14H2,1H3,(H,26,27,28)/b21-10-. The Morgan fingerprint density at radius 2 is 2.10 bits per heavy atom. The van der Waals surface area contributed by atoms with Crippen LogP contribution in [-0.2, 0) is 17.8 Å². The largest absolute Gasteiger partial charge is 0.493 e. The minimum Gasteiger partial charge on any atom is -0.493 e. The van der Waals surface area contributed by atoms with Crippen molar-refractivity contribution in [2.75, 3.05) is 6.61 Å². The van der Waals surface area contributed by atoms with Crippen molar-refractivity contribution < 1.29 is 9.53 Å². The van der Waals surface area contributed by atoms with E-state index in [9.17, 15) is 4.79 Å². The monoisotopic (exact) mass is 437 g/mol. The van der Waals surface area contributed by atoms with Gasteiger partial charge in [-0.3, -0.25) is 14.8 Å². The molecule has 152 valence electrons. The first-order valence-electron chi connectivity index (χ1n) is 9.61. The zero-order valence-corrected chi connectivity index (χ0v) is 18.0. The van der Waals surface area contributed by atoms with Crippen molar-refractivity contribution in [2.45, 2.75) is 19.9 Å². The summed E-state index contributed by atoms with van der Waals surface area (Å²) in [6.45, 7) is 2.98. The molecule has 7 heteroatoms. The summed E-state index contributed by atoms with van der Waals surface area (Å²) in [6.07, 6.45) is 4.30. The molecule has 0 radical (unpaired) electrons. The van der Waals surface area contributed by atoms with Crippen molar-refractivity contribution in [2.24, 2.45) is 4.99 Å². The molecule has 0 saturated carbocycles. The Kier molecular flexibility index (Phi) is 6.35.